The molecule has 1 atom stereocenters. The van der Waals surface area contributed by atoms with Crippen molar-refractivity contribution in [2.75, 3.05) is 0 Å². The number of nitrogens with zero attached hydrogens (tertiary/aromatic N) is 1. The van der Waals surface area contributed by atoms with Crippen LogP contribution < -0.4 is 5.32 Å². The van der Waals surface area contributed by atoms with Crippen molar-refractivity contribution in [3.05, 3.63) is 11.8 Å². The normalized spacial score (nSPS) is 25.1. The summed E-state index contributed by atoms with van der Waals surface area (Å²) in [6.45, 7) is 4.15. The number of hydrogen-bond donors (Lipinski definition) is 1. The molecule has 0 saturated heterocycles. The minimum Gasteiger partial charge on any atom is -0.370 e. The van der Waals surface area contributed by atoms with E-state index in [-0.39, 0.29) is 6.17 Å². The molecule has 0 aromatic heterocycles. The van der Waals surface area contributed by atoms with Crippen LogP contribution >= 0.6 is 0 Å². The van der Waals surface area contributed by atoms with Gasteiger partial charge in [-0.25, -0.2) is 0 Å². The molecule has 0 aromatic rings. The fourth-order valence-electron chi connectivity index (χ4n) is 0.709. The Balaban J connectivity index is 2.52. The second-order valence-corrected chi connectivity index (χ2v) is 2.19. The first-order chi connectivity index (χ1) is 4.33. The number of aliphatic imine (C=N–C) groups is 1. The lowest BCUT2D eigenvalue weighted by atomic mass is 10.2. The lowest BCUT2D eigenvalue weighted by Crippen LogP contribution is -2.22. The molecule has 1 aliphatic heterocycles. The molecular weight excluding hydrogens is 112 g/mol. The van der Waals surface area contributed by atoms with Gasteiger partial charge >= 0.3 is 0 Å². The van der Waals surface area contributed by atoms with Crippen molar-refractivity contribution < 1.29 is 0 Å². The predicted molar refractivity (Wildman–Crippen MR) is 39.5 cm³/mol. The SMILES string of the molecule is CCC1=CNC(C)N=C1. The topological polar surface area (TPSA) is 24.4 Å². The Bertz CT molecular complexity index is 147. The van der Waals surface area contributed by atoms with Crippen LogP contribution in [-0.4, -0.2) is 12.4 Å². The molecule has 1 rings (SSSR count). The molecule has 9 heavy (non-hydrogen) atoms. The quantitative estimate of drug-likeness (QED) is 0.559. The molecule has 0 spiro atoms. The monoisotopic (exact) mass is 124 g/mol. The van der Waals surface area contributed by atoms with Gasteiger partial charge in [-0.1, -0.05) is 6.92 Å². The Hall–Kier alpha value is -0.790. The summed E-state index contributed by atoms with van der Waals surface area (Å²) in [4.78, 5) is 4.18. The summed E-state index contributed by atoms with van der Waals surface area (Å²) < 4.78 is 0. The Kier molecular flexibility index (Phi) is 1.88. The summed E-state index contributed by atoms with van der Waals surface area (Å²) in [5, 5.41) is 3.12. The second kappa shape index (κ2) is 2.67. The fourth-order valence-corrected chi connectivity index (χ4v) is 0.709. The van der Waals surface area contributed by atoms with E-state index in [4.69, 9.17) is 0 Å². The summed E-state index contributed by atoms with van der Waals surface area (Å²) >= 11 is 0. The summed E-state index contributed by atoms with van der Waals surface area (Å²) in [5.41, 5.74) is 1.27. The minimum absolute atomic E-state index is 0.264. The van der Waals surface area contributed by atoms with E-state index in [2.05, 4.69) is 17.2 Å². The van der Waals surface area contributed by atoms with Gasteiger partial charge in [0, 0.05) is 12.4 Å². The van der Waals surface area contributed by atoms with Crippen molar-refractivity contribution >= 4 is 6.21 Å². The van der Waals surface area contributed by atoms with Crippen LogP contribution in [0.15, 0.2) is 16.8 Å². The molecule has 0 radical (unpaired) electrons. The maximum atomic E-state index is 4.18. The molecule has 0 aliphatic carbocycles. The lowest BCUT2D eigenvalue weighted by molar-refractivity contribution is 0.662. The maximum Gasteiger partial charge on any atom is 0.115 e. The molecule has 0 saturated carbocycles. The van der Waals surface area contributed by atoms with Gasteiger partial charge in [0.2, 0.25) is 0 Å². The van der Waals surface area contributed by atoms with Gasteiger partial charge in [0.15, 0.2) is 0 Å². The molecular formula is C7H12N2. The Morgan fingerprint density at radius 2 is 2.56 bits per heavy atom. The molecule has 2 heteroatoms. The van der Waals surface area contributed by atoms with Gasteiger partial charge < -0.3 is 5.32 Å². The zero-order valence-corrected chi connectivity index (χ0v) is 5.89. The Morgan fingerprint density at radius 1 is 1.78 bits per heavy atom. The third-order valence-corrected chi connectivity index (χ3v) is 1.38. The van der Waals surface area contributed by atoms with Crippen molar-refractivity contribution in [1.82, 2.24) is 5.32 Å². The molecule has 1 heterocycles. The standard InChI is InChI=1S/C7H12N2/c1-3-7-4-8-6(2)9-5-7/h4-6,8H,3H2,1-2H3. The summed E-state index contributed by atoms with van der Waals surface area (Å²) in [5.74, 6) is 0. The van der Waals surface area contributed by atoms with Crippen LogP contribution in [0.2, 0.25) is 0 Å². The van der Waals surface area contributed by atoms with Gasteiger partial charge in [-0.15, -0.1) is 0 Å². The van der Waals surface area contributed by atoms with Crippen molar-refractivity contribution in [3.8, 4) is 0 Å². The zero-order chi connectivity index (χ0) is 6.69. The van der Waals surface area contributed by atoms with Gasteiger partial charge in [-0.2, -0.15) is 0 Å². The van der Waals surface area contributed by atoms with E-state index < -0.39 is 0 Å². The molecule has 2 nitrogen and oxygen atoms in total. The van der Waals surface area contributed by atoms with E-state index in [0.29, 0.717) is 0 Å². The van der Waals surface area contributed by atoms with Crippen LogP contribution in [0.1, 0.15) is 20.3 Å². The molecule has 0 aromatic carbocycles. The van der Waals surface area contributed by atoms with Crippen LogP contribution in [0.5, 0.6) is 0 Å². The van der Waals surface area contributed by atoms with Crippen LogP contribution in [0.25, 0.3) is 0 Å². The van der Waals surface area contributed by atoms with Crippen LogP contribution in [0.4, 0.5) is 0 Å². The smallest absolute Gasteiger partial charge is 0.115 e. The molecule has 50 valence electrons. The van der Waals surface area contributed by atoms with E-state index in [0.717, 1.165) is 6.42 Å². The van der Waals surface area contributed by atoms with E-state index in [1.807, 2.05) is 19.3 Å². The van der Waals surface area contributed by atoms with E-state index in [9.17, 15) is 0 Å². The molecule has 0 bridgehead atoms. The molecule has 0 fully saturated rings. The molecule has 1 unspecified atom stereocenters. The van der Waals surface area contributed by atoms with Crippen molar-refractivity contribution in [3.63, 3.8) is 0 Å². The van der Waals surface area contributed by atoms with Gasteiger partial charge in [0.1, 0.15) is 6.17 Å². The second-order valence-electron chi connectivity index (χ2n) is 2.19. The third-order valence-electron chi connectivity index (χ3n) is 1.38. The van der Waals surface area contributed by atoms with Gasteiger partial charge in [-0.05, 0) is 18.9 Å². The van der Waals surface area contributed by atoms with Crippen molar-refractivity contribution in [1.29, 1.82) is 0 Å². The van der Waals surface area contributed by atoms with Crippen molar-refractivity contribution in [2.45, 2.75) is 26.4 Å². The highest BCUT2D eigenvalue weighted by Gasteiger charge is 1.99. The number of rotatable bonds is 1. The van der Waals surface area contributed by atoms with Gasteiger partial charge in [0.05, 0.1) is 0 Å². The summed E-state index contributed by atoms with van der Waals surface area (Å²) in [6, 6.07) is 0. The maximum absolute atomic E-state index is 4.18. The predicted octanol–water partition coefficient (Wildman–Crippen LogP) is 1.30. The highest BCUT2D eigenvalue weighted by Crippen LogP contribution is 2.00. The average Bonchev–Trinajstić information content (AvgIpc) is 1.90. The fraction of sp³-hybridized carbons (Fsp3) is 0.571. The summed E-state index contributed by atoms with van der Waals surface area (Å²) in [6.07, 6.45) is 5.28. The largest absolute Gasteiger partial charge is 0.370 e. The Labute approximate surface area is 55.7 Å². The average molecular weight is 124 g/mol. The highest BCUT2D eigenvalue weighted by atomic mass is 15.1. The van der Waals surface area contributed by atoms with Crippen LogP contribution in [0, 0.1) is 0 Å². The number of allylic oxidation sites excluding steroid dienone is 1. The minimum atomic E-state index is 0.264. The molecule has 0 amide bonds. The Morgan fingerprint density at radius 3 is 3.00 bits per heavy atom. The third kappa shape index (κ3) is 1.56. The first-order valence-electron chi connectivity index (χ1n) is 3.31. The number of hydrogen-bond acceptors (Lipinski definition) is 2. The highest BCUT2D eigenvalue weighted by molar-refractivity contribution is 5.79. The van der Waals surface area contributed by atoms with Gasteiger partial charge in [-0.3, -0.25) is 4.99 Å². The summed E-state index contributed by atoms with van der Waals surface area (Å²) in [7, 11) is 0. The lowest BCUT2D eigenvalue weighted by Gasteiger charge is -2.12. The molecule has 1 N–H and O–H groups in total. The van der Waals surface area contributed by atoms with E-state index in [1.165, 1.54) is 5.57 Å². The van der Waals surface area contributed by atoms with Crippen LogP contribution in [0.3, 0.4) is 0 Å². The van der Waals surface area contributed by atoms with Crippen LogP contribution in [-0.2, 0) is 0 Å². The van der Waals surface area contributed by atoms with Crippen molar-refractivity contribution in [2.24, 2.45) is 4.99 Å². The van der Waals surface area contributed by atoms with Gasteiger partial charge in [0.25, 0.3) is 0 Å². The number of nitrogens with one attached hydrogen (secondary N) is 1. The van der Waals surface area contributed by atoms with E-state index >= 15 is 0 Å². The first-order valence-corrected chi connectivity index (χ1v) is 3.31. The van der Waals surface area contributed by atoms with E-state index in [1.54, 1.807) is 0 Å². The first kappa shape index (κ1) is 6.33. The zero-order valence-electron chi connectivity index (χ0n) is 5.89. The molecule has 1 aliphatic rings.